The summed E-state index contributed by atoms with van der Waals surface area (Å²) in [5, 5.41) is 6.48. The van der Waals surface area contributed by atoms with E-state index in [9.17, 15) is 4.79 Å². The summed E-state index contributed by atoms with van der Waals surface area (Å²) in [6.07, 6.45) is 1.83. The van der Waals surface area contributed by atoms with E-state index in [0.29, 0.717) is 12.5 Å². The molecule has 1 amide bonds. The Bertz CT molecular complexity index is 396. The van der Waals surface area contributed by atoms with Crippen LogP contribution < -0.4 is 10.1 Å². The molecule has 1 aliphatic rings. The van der Waals surface area contributed by atoms with Gasteiger partial charge in [0.05, 0.1) is 25.3 Å². The van der Waals surface area contributed by atoms with Crippen LogP contribution in [0.4, 0.5) is 0 Å². The number of rotatable bonds is 3. The smallest absolute Gasteiger partial charge is 0.290 e. The molecule has 0 spiro atoms. The topological polar surface area (TPSA) is 73.6 Å². The molecule has 1 N–H and O–H groups in total. The third kappa shape index (κ3) is 2.76. The number of nitrogens with zero attached hydrogens (tertiary/aromatic N) is 1. The number of amides is 1. The van der Waals surface area contributed by atoms with Gasteiger partial charge in [-0.2, -0.15) is 0 Å². The molecule has 17 heavy (non-hydrogen) atoms. The summed E-state index contributed by atoms with van der Waals surface area (Å²) in [5.41, 5.74) is -0.338. The van der Waals surface area contributed by atoms with E-state index in [1.165, 1.54) is 13.2 Å². The molecule has 94 valence electrons. The normalized spacial score (nSPS) is 24.4. The van der Waals surface area contributed by atoms with Crippen LogP contribution in [0.1, 0.15) is 30.3 Å². The predicted octanol–water partition coefficient (Wildman–Crippen LogP) is 0.982. The highest BCUT2D eigenvalue weighted by atomic mass is 16.5. The molecule has 1 fully saturated rings. The molecule has 1 aliphatic heterocycles. The van der Waals surface area contributed by atoms with Gasteiger partial charge in [-0.15, -0.1) is 0 Å². The summed E-state index contributed by atoms with van der Waals surface area (Å²) in [5.74, 6) is 0.141. The van der Waals surface area contributed by atoms with Crippen LogP contribution in [0.5, 0.6) is 5.88 Å². The summed E-state index contributed by atoms with van der Waals surface area (Å²) >= 11 is 0. The summed E-state index contributed by atoms with van der Waals surface area (Å²) in [6, 6.07) is 1.46. The Morgan fingerprint density at radius 2 is 2.47 bits per heavy atom. The number of nitrogens with one attached hydrogen (secondary N) is 1. The van der Waals surface area contributed by atoms with Crippen molar-refractivity contribution < 1.29 is 18.8 Å². The van der Waals surface area contributed by atoms with Crippen molar-refractivity contribution in [3.05, 3.63) is 11.8 Å². The average Bonchev–Trinajstić information content (AvgIpc) is 2.78. The SMILES string of the molecule is COc1cc(C(=O)NC2(C)CCCOC2)on1. The van der Waals surface area contributed by atoms with Gasteiger partial charge in [0.2, 0.25) is 5.76 Å². The third-order valence-electron chi connectivity index (χ3n) is 2.77. The van der Waals surface area contributed by atoms with Gasteiger partial charge in [-0.05, 0) is 24.9 Å². The first-order chi connectivity index (χ1) is 8.13. The van der Waals surface area contributed by atoms with Crippen LogP contribution in [0.25, 0.3) is 0 Å². The summed E-state index contributed by atoms with van der Waals surface area (Å²) in [6.45, 7) is 3.23. The first-order valence-electron chi connectivity index (χ1n) is 5.54. The highest BCUT2D eigenvalue weighted by Crippen LogP contribution is 2.19. The summed E-state index contributed by atoms with van der Waals surface area (Å²) in [4.78, 5) is 11.9. The molecule has 2 heterocycles. The Morgan fingerprint density at radius 1 is 1.65 bits per heavy atom. The van der Waals surface area contributed by atoms with Crippen molar-refractivity contribution in [2.45, 2.75) is 25.3 Å². The van der Waals surface area contributed by atoms with Crippen molar-refractivity contribution in [2.75, 3.05) is 20.3 Å². The largest absolute Gasteiger partial charge is 0.479 e. The van der Waals surface area contributed by atoms with Gasteiger partial charge in [0, 0.05) is 6.61 Å². The molecule has 0 radical (unpaired) electrons. The van der Waals surface area contributed by atoms with Crippen molar-refractivity contribution in [1.82, 2.24) is 10.5 Å². The van der Waals surface area contributed by atoms with E-state index in [4.69, 9.17) is 14.0 Å². The standard InChI is InChI=1S/C11H16N2O4/c1-11(4-3-5-16-7-11)12-10(14)8-6-9(15-2)13-17-8/h6H,3-5,7H2,1-2H3,(H,12,14). The van der Waals surface area contributed by atoms with Crippen LogP contribution in [0.15, 0.2) is 10.6 Å². The molecule has 0 saturated carbocycles. The third-order valence-corrected chi connectivity index (χ3v) is 2.77. The van der Waals surface area contributed by atoms with E-state index in [1.54, 1.807) is 0 Å². The maximum atomic E-state index is 11.9. The maximum absolute atomic E-state index is 11.9. The summed E-state index contributed by atoms with van der Waals surface area (Å²) in [7, 11) is 1.47. The van der Waals surface area contributed by atoms with Crippen LogP contribution in [0.2, 0.25) is 0 Å². The maximum Gasteiger partial charge on any atom is 0.290 e. The van der Waals surface area contributed by atoms with Crippen LogP contribution in [-0.4, -0.2) is 36.9 Å². The average molecular weight is 240 g/mol. The van der Waals surface area contributed by atoms with Gasteiger partial charge in [-0.1, -0.05) is 0 Å². The molecular formula is C11H16N2O4. The van der Waals surface area contributed by atoms with Crippen molar-refractivity contribution in [3.8, 4) is 5.88 Å². The number of aromatic nitrogens is 1. The minimum atomic E-state index is -0.338. The van der Waals surface area contributed by atoms with Crippen LogP contribution in [0.3, 0.4) is 0 Å². The lowest BCUT2D eigenvalue weighted by molar-refractivity contribution is 0.0263. The van der Waals surface area contributed by atoms with Crippen LogP contribution in [-0.2, 0) is 4.74 Å². The zero-order valence-electron chi connectivity index (χ0n) is 9.99. The Labute approximate surface area is 99.2 Å². The lowest BCUT2D eigenvalue weighted by Gasteiger charge is -2.33. The molecule has 6 nitrogen and oxygen atoms in total. The second kappa shape index (κ2) is 4.75. The lowest BCUT2D eigenvalue weighted by atomic mass is 9.95. The first kappa shape index (κ1) is 11.9. The van der Waals surface area contributed by atoms with E-state index in [1.807, 2.05) is 6.92 Å². The zero-order valence-corrected chi connectivity index (χ0v) is 9.99. The second-order valence-electron chi connectivity index (χ2n) is 4.40. The fraction of sp³-hybridized carbons (Fsp3) is 0.636. The van der Waals surface area contributed by atoms with Crippen molar-refractivity contribution in [2.24, 2.45) is 0 Å². The van der Waals surface area contributed by atoms with Gasteiger partial charge in [-0.25, -0.2) is 0 Å². The Kier molecular flexibility index (Phi) is 3.33. The summed E-state index contributed by atoms with van der Waals surface area (Å²) < 4.78 is 15.1. The number of carbonyl (C=O) groups excluding carboxylic acids is 1. The number of ether oxygens (including phenoxy) is 2. The first-order valence-corrected chi connectivity index (χ1v) is 5.54. The predicted molar refractivity (Wildman–Crippen MR) is 59.0 cm³/mol. The van der Waals surface area contributed by atoms with E-state index in [0.717, 1.165) is 19.4 Å². The molecule has 0 aromatic carbocycles. The zero-order chi connectivity index (χ0) is 12.3. The lowest BCUT2D eigenvalue weighted by Crippen LogP contribution is -2.51. The molecule has 1 aromatic heterocycles. The molecule has 0 bridgehead atoms. The van der Waals surface area contributed by atoms with E-state index in [-0.39, 0.29) is 17.2 Å². The number of hydrogen-bond donors (Lipinski definition) is 1. The van der Waals surface area contributed by atoms with E-state index >= 15 is 0 Å². The van der Waals surface area contributed by atoms with Gasteiger partial charge < -0.3 is 19.3 Å². The Hall–Kier alpha value is -1.56. The van der Waals surface area contributed by atoms with Gasteiger partial charge in [0.25, 0.3) is 11.8 Å². The molecule has 1 aromatic rings. The van der Waals surface area contributed by atoms with Crippen LogP contribution in [0, 0.1) is 0 Å². The highest BCUT2D eigenvalue weighted by Gasteiger charge is 2.30. The van der Waals surface area contributed by atoms with Crippen LogP contribution >= 0.6 is 0 Å². The van der Waals surface area contributed by atoms with Crippen molar-refractivity contribution >= 4 is 5.91 Å². The number of carbonyl (C=O) groups is 1. The van der Waals surface area contributed by atoms with Crippen molar-refractivity contribution in [1.29, 1.82) is 0 Å². The molecule has 0 aliphatic carbocycles. The minimum absolute atomic E-state index is 0.147. The molecule has 1 atom stereocenters. The highest BCUT2D eigenvalue weighted by molar-refractivity contribution is 5.92. The molecule has 6 heteroatoms. The van der Waals surface area contributed by atoms with Crippen molar-refractivity contribution in [3.63, 3.8) is 0 Å². The molecular weight excluding hydrogens is 224 g/mol. The number of methoxy groups -OCH3 is 1. The Morgan fingerprint density at radius 3 is 3.06 bits per heavy atom. The van der Waals surface area contributed by atoms with Gasteiger partial charge in [0.15, 0.2) is 0 Å². The fourth-order valence-corrected chi connectivity index (χ4v) is 1.83. The molecule has 1 saturated heterocycles. The Balaban J connectivity index is 2.00. The quantitative estimate of drug-likeness (QED) is 0.852. The van der Waals surface area contributed by atoms with Gasteiger partial charge in [0.1, 0.15) is 0 Å². The number of hydrogen-bond acceptors (Lipinski definition) is 5. The van der Waals surface area contributed by atoms with E-state index < -0.39 is 0 Å². The van der Waals surface area contributed by atoms with Gasteiger partial charge in [-0.3, -0.25) is 4.79 Å². The monoisotopic (exact) mass is 240 g/mol. The molecule has 2 rings (SSSR count). The second-order valence-corrected chi connectivity index (χ2v) is 4.40. The minimum Gasteiger partial charge on any atom is -0.479 e. The van der Waals surface area contributed by atoms with Gasteiger partial charge >= 0.3 is 0 Å². The fourth-order valence-electron chi connectivity index (χ4n) is 1.83. The van der Waals surface area contributed by atoms with E-state index in [2.05, 4.69) is 10.5 Å². The molecule has 1 unspecified atom stereocenters.